The smallest absolute Gasteiger partial charge is 0.383 e. The van der Waals surface area contributed by atoms with Crippen LogP contribution in [0, 0.1) is 6.57 Å². The van der Waals surface area contributed by atoms with Crippen LogP contribution in [0.4, 0.5) is 5.82 Å². The molecule has 48 heavy (non-hydrogen) atoms. The molecule has 2 saturated heterocycles. The molecule has 5 atom stereocenters. The van der Waals surface area contributed by atoms with Gasteiger partial charge in [-0.3, -0.25) is 18.1 Å². The average molecular weight is 699 g/mol. The maximum absolute atomic E-state index is 13.5. The first-order valence-corrected chi connectivity index (χ1v) is 19.4. The molecule has 2 aliphatic heterocycles. The van der Waals surface area contributed by atoms with Crippen LogP contribution in [0.2, 0.25) is 0 Å². The topological polar surface area (TPSA) is 147 Å². The average Bonchev–Trinajstić information content (AvgIpc) is 3.54. The van der Waals surface area contributed by atoms with Crippen LogP contribution in [0.15, 0.2) is 17.1 Å². The number of unbranched alkanes of at least 4 members (excludes halogenated alkanes) is 13. The molecule has 2 fully saturated rings. The van der Waals surface area contributed by atoms with E-state index in [4.69, 9.17) is 44.8 Å². The van der Waals surface area contributed by atoms with E-state index in [0.717, 1.165) is 12.8 Å². The van der Waals surface area contributed by atoms with E-state index in [1.807, 2.05) is 0 Å². The molecule has 1 aromatic rings. The summed E-state index contributed by atoms with van der Waals surface area (Å²) in [6, 6.07) is 1.49. The zero-order chi connectivity index (χ0) is 34.7. The first-order valence-electron chi connectivity index (χ1n) is 18.0. The number of aromatic nitrogens is 2. The van der Waals surface area contributed by atoms with E-state index < -0.39 is 43.8 Å². The number of nitrogens with zero attached hydrogens (tertiary/aromatic N) is 3. The molecule has 0 aromatic carbocycles. The monoisotopic (exact) mass is 698 g/mol. The van der Waals surface area contributed by atoms with Crippen LogP contribution in [-0.4, -0.2) is 73.2 Å². The van der Waals surface area contributed by atoms with Gasteiger partial charge in [-0.15, -0.1) is 0 Å². The Kier molecular flexibility index (Phi) is 18.6. The van der Waals surface area contributed by atoms with E-state index in [2.05, 4.69) is 16.8 Å². The van der Waals surface area contributed by atoms with Crippen molar-refractivity contribution in [1.82, 2.24) is 9.55 Å². The second-order valence-electron chi connectivity index (χ2n) is 13.0. The molecule has 1 aromatic heterocycles. The van der Waals surface area contributed by atoms with Crippen molar-refractivity contribution in [3.05, 3.63) is 34.2 Å². The number of phosphoric ester groups is 1. The number of hydrogen-bond donors (Lipinski definition) is 1. The highest BCUT2D eigenvalue weighted by Gasteiger charge is 2.56. The van der Waals surface area contributed by atoms with E-state index >= 15 is 0 Å². The second-order valence-corrected chi connectivity index (χ2v) is 14.7. The fourth-order valence-electron chi connectivity index (χ4n) is 5.95. The summed E-state index contributed by atoms with van der Waals surface area (Å²) in [5.74, 6) is -0.858. The summed E-state index contributed by atoms with van der Waals surface area (Å²) < 4.78 is 55.4. The lowest BCUT2D eigenvalue weighted by molar-refractivity contribution is -0.200. The van der Waals surface area contributed by atoms with Crippen LogP contribution in [0.3, 0.4) is 0 Å². The van der Waals surface area contributed by atoms with E-state index in [0.29, 0.717) is 19.6 Å². The van der Waals surface area contributed by atoms with Gasteiger partial charge in [0.05, 0.1) is 13.2 Å². The largest absolute Gasteiger partial charge is 0.475 e. The third kappa shape index (κ3) is 14.5. The van der Waals surface area contributed by atoms with Crippen molar-refractivity contribution < 1.29 is 37.1 Å². The van der Waals surface area contributed by atoms with Gasteiger partial charge in [-0.1, -0.05) is 90.4 Å². The van der Waals surface area contributed by atoms with Crippen LogP contribution < -0.4 is 11.4 Å². The fourth-order valence-corrected chi connectivity index (χ4v) is 7.16. The fraction of sp³-hybridized carbons (Fsp3) is 0.853. The Bertz CT molecular complexity index is 1190. The molecule has 14 heteroatoms. The lowest BCUT2D eigenvalue weighted by Gasteiger charge is -2.25. The molecule has 13 nitrogen and oxygen atoms in total. The van der Waals surface area contributed by atoms with Gasteiger partial charge in [-0.05, 0) is 32.8 Å². The number of nitrogen functional groups attached to an aromatic ring is 1. The maximum atomic E-state index is 13.5. The molecule has 2 unspecified atom stereocenters. The molecule has 0 aliphatic carbocycles. The van der Waals surface area contributed by atoms with Crippen molar-refractivity contribution in [3.63, 3.8) is 0 Å². The lowest BCUT2D eigenvalue weighted by Crippen LogP contribution is -2.35. The van der Waals surface area contributed by atoms with Crippen molar-refractivity contribution in [3.8, 4) is 0 Å². The minimum atomic E-state index is -4.04. The van der Waals surface area contributed by atoms with Gasteiger partial charge in [0.15, 0.2) is 12.0 Å². The SMILES string of the molecule is [C-]#[N+]CCOP(=O)(OCCCOCCCCCCCCCCCCCCCC)OC[C@H]1O[C@@H](n2ccc(N)nc2=O)C2OC(C)(C)O[C@H]21. The molecule has 2 N–H and O–H groups in total. The van der Waals surface area contributed by atoms with Gasteiger partial charge in [0.2, 0.25) is 6.54 Å². The summed E-state index contributed by atoms with van der Waals surface area (Å²) in [4.78, 5) is 19.6. The van der Waals surface area contributed by atoms with Gasteiger partial charge in [-0.25, -0.2) is 15.9 Å². The maximum Gasteiger partial charge on any atom is 0.475 e. The Hall–Kier alpha value is -1.88. The first-order chi connectivity index (χ1) is 23.2. The Labute approximate surface area is 286 Å². The lowest BCUT2D eigenvalue weighted by atomic mass is 10.0. The minimum absolute atomic E-state index is 0.00388. The molecule has 0 bridgehead atoms. The first kappa shape index (κ1) is 40.5. The highest BCUT2D eigenvalue weighted by Crippen LogP contribution is 2.51. The van der Waals surface area contributed by atoms with Crippen LogP contribution in [0.5, 0.6) is 0 Å². The zero-order valence-electron chi connectivity index (χ0n) is 29.4. The van der Waals surface area contributed by atoms with Gasteiger partial charge >= 0.3 is 13.5 Å². The minimum Gasteiger partial charge on any atom is -0.383 e. The number of rotatable bonds is 27. The highest BCUT2D eigenvalue weighted by atomic mass is 31.2. The summed E-state index contributed by atoms with van der Waals surface area (Å²) in [5.41, 5.74) is 5.05. The molecule has 3 heterocycles. The summed E-state index contributed by atoms with van der Waals surface area (Å²) in [7, 11) is -4.04. The van der Waals surface area contributed by atoms with Gasteiger partial charge in [-0.2, -0.15) is 4.98 Å². The molecule has 2 aliphatic rings. The predicted molar refractivity (Wildman–Crippen MR) is 183 cm³/mol. The molecule has 274 valence electrons. The summed E-state index contributed by atoms with van der Waals surface area (Å²) in [6.45, 7) is 13.7. The van der Waals surface area contributed by atoms with Gasteiger partial charge < -0.3 is 29.5 Å². The van der Waals surface area contributed by atoms with Crippen LogP contribution in [0.25, 0.3) is 4.85 Å². The zero-order valence-corrected chi connectivity index (χ0v) is 30.2. The Morgan fingerprint density at radius 1 is 0.875 bits per heavy atom. The van der Waals surface area contributed by atoms with Crippen molar-refractivity contribution in [2.75, 3.05) is 45.3 Å². The number of ether oxygens (including phenoxy) is 4. The third-order valence-electron chi connectivity index (χ3n) is 8.43. The standard InChI is InChI=1S/C34H59N4O9P/c1-5-6-7-8-9-10-11-12-13-14-15-16-17-18-23-41-24-19-25-42-48(40,43-26-21-36-4)44-27-28-30-31(47-34(2,3)46-30)32(45-28)38-22-20-29(35)37-33(38)39/h20,22,28,30-32H,5-19,21,23-27H2,1-3H3,(H2,35,37,39)/t28-,30+,31?,32-,48?/m1/s1. The van der Waals surface area contributed by atoms with Crippen molar-refractivity contribution in [2.45, 2.75) is 147 Å². The van der Waals surface area contributed by atoms with Gasteiger partial charge in [0, 0.05) is 19.4 Å². The normalized spacial score (nSPS) is 22.8. The number of anilines is 1. The predicted octanol–water partition coefficient (Wildman–Crippen LogP) is 7.21. The Balaban J connectivity index is 1.31. The number of phosphoric acid groups is 1. The molecule has 0 amide bonds. The third-order valence-corrected chi connectivity index (χ3v) is 9.89. The van der Waals surface area contributed by atoms with Gasteiger partial charge in [0.25, 0.3) is 0 Å². The van der Waals surface area contributed by atoms with Crippen molar-refractivity contribution >= 4 is 13.6 Å². The van der Waals surface area contributed by atoms with Crippen molar-refractivity contribution in [1.29, 1.82) is 0 Å². The number of nitrogens with two attached hydrogens (primary N) is 1. The molecular weight excluding hydrogens is 639 g/mol. The molecular formula is C34H59N4O9P. The summed E-state index contributed by atoms with van der Waals surface area (Å²) in [5, 5.41) is 0. The van der Waals surface area contributed by atoms with Crippen LogP contribution in [-0.2, 0) is 37.1 Å². The molecule has 0 saturated carbocycles. The Morgan fingerprint density at radius 3 is 2.08 bits per heavy atom. The van der Waals surface area contributed by atoms with Gasteiger partial charge in [0.1, 0.15) is 30.7 Å². The van der Waals surface area contributed by atoms with E-state index in [1.54, 1.807) is 13.8 Å². The van der Waals surface area contributed by atoms with E-state index in [1.165, 1.54) is 93.9 Å². The molecule has 3 rings (SSSR count). The second kappa shape index (κ2) is 22.0. The molecule has 0 radical (unpaired) electrons. The van der Waals surface area contributed by atoms with Crippen LogP contribution in [0.1, 0.15) is 123 Å². The van der Waals surface area contributed by atoms with E-state index in [9.17, 15) is 9.36 Å². The summed E-state index contributed by atoms with van der Waals surface area (Å²) >= 11 is 0. The number of fused-ring (bicyclic) bond motifs is 1. The highest BCUT2D eigenvalue weighted by molar-refractivity contribution is 7.48. The van der Waals surface area contributed by atoms with E-state index in [-0.39, 0.29) is 32.2 Å². The number of hydrogen-bond acceptors (Lipinski definition) is 11. The quantitative estimate of drug-likeness (QED) is 0.0565. The van der Waals surface area contributed by atoms with Crippen molar-refractivity contribution in [2.24, 2.45) is 0 Å². The molecule has 0 spiro atoms. The summed E-state index contributed by atoms with van der Waals surface area (Å²) in [6.07, 6.45) is 17.5. The van der Waals surface area contributed by atoms with Crippen LogP contribution >= 0.6 is 7.82 Å². The Morgan fingerprint density at radius 2 is 1.46 bits per heavy atom.